The number of halogens is 6. The van der Waals surface area contributed by atoms with Crippen LogP contribution < -0.4 is 10.2 Å². The number of nitrogens with one attached hydrogen (secondary N) is 1. The normalized spacial score (nSPS) is 17.5. The molecular weight excluding hydrogens is 544 g/mol. The first-order valence-corrected chi connectivity index (χ1v) is 9.72. The second kappa shape index (κ2) is 8.18. The predicted molar refractivity (Wildman–Crippen MR) is 106 cm³/mol. The van der Waals surface area contributed by atoms with Gasteiger partial charge < -0.3 is 15.0 Å². The number of amides is 1. The van der Waals surface area contributed by atoms with Crippen LogP contribution in [0, 0.1) is 0 Å². The van der Waals surface area contributed by atoms with E-state index >= 15 is 0 Å². The van der Waals surface area contributed by atoms with E-state index in [0.29, 0.717) is 0 Å². The highest BCUT2D eigenvalue weighted by Crippen LogP contribution is 2.31. The van der Waals surface area contributed by atoms with Gasteiger partial charge in [-0.25, -0.2) is 21.2 Å². The van der Waals surface area contributed by atoms with Crippen molar-refractivity contribution in [3.8, 4) is 0 Å². The molecule has 1 N–H and O–H groups in total. The second-order valence-electron chi connectivity index (χ2n) is 6.51. The van der Waals surface area contributed by atoms with Gasteiger partial charge >= 0.3 is 6.18 Å². The molecule has 31 heavy (non-hydrogen) atoms. The number of alkyl halides is 5. The fraction of sp³-hybridized carbons (Fsp3) is 0.375. The van der Waals surface area contributed by atoms with Gasteiger partial charge in [0.2, 0.25) is 0 Å². The molecule has 3 aromatic rings. The third-order valence-corrected chi connectivity index (χ3v) is 5.06. The van der Waals surface area contributed by atoms with Gasteiger partial charge in [-0.05, 0) is 6.07 Å². The maximum absolute atomic E-state index is 13.4. The SMILES string of the molecule is O=C(Nc1cn(I)nc1C(F)F)c1cnn2ccc(N3CCOC[C@@H]3C(F)(F)F)nc12. The lowest BCUT2D eigenvalue weighted by atomic mass is 10.2. The van der Waals surface area contributed by atoms with Crippen LogP contribution in [0.2, 0.25) is 0 Å². The van der Waals surface area contributed by atoms with Gasteiger partial charge in [0, 0.05) is 12.7 Å². The van der Waals surface area contributed by atoms with Crippen LogP contribution in [-0.2, 0) is 4.74 Å². The van der Waals surface area contributed by atoms with E-state index in [-0.39, 0.29) is 35.9 Å². The number of carbonyl (C=O) groups is 1. The number of ether oxygens (including phenoxy) is 1. The number of nitrogens with zero attached hydrogens (tertiary/aromatic N) is 6. The summed E-state index contributed by atoms with van der Waals surface area (Å²) < 4.78 is 73.6. The second-order valence-corrected chi connectivity index (χ2v) is 7.50. The van der Waals surface area contributed by atoms with Crippen LogP contribution >= 0.6 is 22.9 Å². The molecule has 0 aliphatic carbocycles. The van der Waals surface area contributed by atoms with E-state index in [9.17, 15) is 26.7 Å². The van der Waals surface area contributed by atoms with Crippen molar-refractivity contribution >= 4 is 45.9 Å². The maximum atomic E-state index is 13.4. The van der Waals surface area contributed by atoms with Crippen LogP contribution in [0.1, 0.15) is 22.5 Å². The molecule has 0 unspecified atom stereocenters. The first kappa shape index (κ1) is 21.7. The number of morpholine rings is 1. The van der Waals surface area contributed by atoms with Gasteiger partial charge in [0.15, 0.2) is 11.3 Å². The Labute approximate surface area is 184 Å². The Morgan fingerprint density at radius 1 is 1.35 bits per heavy atom. The average Bonchev–Trinajstić information content (AvgIpc) is 3.30. The Balaban J connectivity index is 1.67. The number of aromatic nitrogens is 5. The smallest absolute Gasteiger partial charge is 0.377 e. The van der Waals surface area contributed by atoms with Crippen LogP contribution in [-0.4, -0.2) is 60.5 Å². The molecule has 1 fully saturated rings. The average molecular weight is 557 g/mol. The first-order chi connectivity index (χ1) is 14.6. The van der Waals surface area contributed by atoms with Crippen molar-refractivity contribution in [3.05, 3.63) is 35.9 Å². The van der Waals surface area contributed by atoms with Crippen LogP contribution in [0.4, 0.5) is 33.5 Å². The molecule has 0 bridgehead atoms. The number of carbonyl (C=O) groups excluding carboxylic acids is 1. The molecule has 0 aromatic carbocycles. The summed E-state index contributed by atoms with van der Waals surface area (Å²) in [5.74, 6) is -0.818. The molecule has 9 nitrogen and oxygen atoms in total. The Morgan fingerprint density at radius 3 is 2.84 bits per heavy atom. The van der Waals surface area contributed by atoms with E-state index in [1.165, 1.54) is 23.0 Å². The van der Waals surface area contributed by atoms with Crippen molar-refractivity contribution in [3.63, 3.8) is 0 Å². The molecule has 166 valence electrons. The number of rotatable bonds is 4. The van der Waals surface area contributed by atoms with Gasteiger partial charge in [0.25, 0.3) is 12.3 Å². The topological polar surface area (TPSA) is 89.6 Å². The van der Waals surface area contributed by atoms with Gasteiger partial charge in [-0.1, -0.05) is 0 Å². The summed E-state index contributed by atoms with van der Waals surface area (Å²) in [7, 11) is 0. The van der Waals surface area contributed by atoms with E-state index in [0.717, 1.165) is 14.0 Å². The van der Waals surface area contributed by atoms with Gasteiger partial charge in [-0.3, -0.25) is 4.79 Å². The monoisotopic (exact) mass is 557 g/mol. The third kappa shape index (κ3) is 4.28. The molecule has 15 heteroatoms. The van der Waals surface area contributed by atoms with Crippen molar-refractivity contribution in [1.82, 2.24) is 22.6 Å². The highest BCUT2D eigenvalue weighted by atomic mass is 127. The summed E-state index contributed by atoms with van der Waals surface area (Å²) in [6, 6.07) is -0.541. The fourth-order valence-electron chi connectivity index (χ4n) is 3.13. The summed E-state index contributed by atoms with van der Waals surface area (Å²) in [6.07, 6.45) is -3.74. The summed E-state index contributed by atoms with van der Waals surface area (Å²) in [5, 5.41) is 9.87. The number of hydrogen-bond donors (Lipinski definition) is 1. The van der Waals surface area contributed by atoms with Crippen molar-refractivity contribution in [2.45, 2.75) is 18.6 Å². The molecule has 1 aliphatic rings. The Hall–Kier alpha value is -2.56. The zero-order chi connectivity index (χ0) is 22.3. The standard InChI is InChI=1S/C16H13F5IN7O2/c17-13(18)12-9(6-29(22)26-12)24-15(30)8-5-23-28-2-1-11(25-14(8)28)27-3-4-31-7-10(27)16(19,20)21/h1-2,5-6,10,13H,3-4,7H2,(H,24,30)/t10-/m1/s1. The summed E-state index contributed by atoms with van der Waals surface area (Å²) in [4.78, 5) is 17.9. The molecule has 4 rings (SSSR count). The number of anilines is 2. The van der Waals surface area contributed by atoms with E-state index < -0.39 is 36.9 Å². The lowest BCUT2D eigenvalue weighted by molar-refractivity contribution is -0.167. The fourth-order valence-corrected chi connectivity index (χ4v) is 3.65. The number of fused-ring (bicyclic) bond motifs is 1. The van der Waals surface area contributed by atoms with Crippen LogP contribution in [0.15, 0.2) is 24.7 Å². The Kier molecular flexibility index (Phi) is 5.71. The quantitative estimate of drug-likeness (QED) is 0.392. The first-order valence-electron chi connectivity index (χ1n) is 8.76. The minimum Gasteiger partial charge on any atom is -0.377 e. The molecule has 0 spiro atoms. The minimum atomic E-state index is -4.54. The summed E-state index contributed by atoms with van der Waals surface area (Å²) >= 11 is 1.66. The summed E-state index contributed by atoms with van der Waals surface area (Å²) in [6.45, 7) is -0.502. The van der Waals surface area contributed by atoms with Crippen LogP contribution in [0.3, 0.4) is 0 Å². The zero-order valence-electron chi connectivity index (χ0n) is 15.4. The van der Waals surface area contributed by atoms with E-state index in [2.05, 4.69) is 20.5 Å². The highest BCUT2D eigenvalue weighted by Gasteiger charge is 2.46. The highest BCUT2D eigenvalue weighted by molar-refractivity contribution is 14.1. The minimum absolute atomic E-state index is 0.0129. The van der Waals surface area contributed by atoms with Crippen molar-refractivity contribution in [2.24, 2.45) is 0 Å². The lowest BCUT2D eigenvalue weighted by Gasteiger charge is -2.37. The maximum Gasteiger partial charge on any atom is 0.411 e. The zero-order valence-corrected chi connectivity index (χ0v) is 17.5. The third-order valence-electron chi connectivity index (χ3n) is 4.57. The predicted octanol–water partition coefficient (Wildman–Crippen LogP) is 3.08. The van der Waals surface area contributed by atoms with Crippen LogP contribution in [0.5, 0.6) is 0 Å². The molecule has 0 saturated carbocycles. The Morgan fingerprint density at radius 2 is 2.13 bits per heavy atom. The van der Waals surface area contributed by atoms with Gasteiger partial charge in [-0.15, -0.1) is 0 Å². The number of hydrogen-bond acceptors (Lipinski definition) is 6. The van der Waals surface area contributed by atoms with Gasteiger partial charge in [0.1, 0.15) is 17.4 Å². The molecule has 3 aromatic heterocycles. The van der Waals surface area contributed by atoms with Gasteiger partial charge in [0.05, 0.1) is 54.2 Å². The molecule has 1 atom stereocenters. The molecule has 4 heterocycles. The van der Waals surface area contributed by atoms with Crippen molar-refractivity contribution < 1.29 is 31.5 Å². The van der Waals surface area contributed by atoms with Crippen molar-refractivity contribution in [2.75, 3.05) is 30.0 Å². The van der Waals surface area contributed by atoms with Gasteiger partial charge in [-0.2, -0.15) is 23.4 Å². The molecule has 1 aliphatic heterocycles. The molecular formula is C16H13F5IN7O2. The van der Waals surface area contributed by atoms with Crippen molar-refractivity contribution in [1.29, 1.82) is 0 Å². The van der Waals surface area contributed by atoms with Crippen LogP contribution in [0.25, 0.3) is 5.65 Å². The van der Waals surface area contributed by atoms with E-state index in [4.69, 9.17) is 4.74 Å². The Bertz CT molecular complexity index is 1120. The largest absolute Gasteiger partial charge is 0.411 e. The molecule has 1 amide bonds. The van der Waals surface area contributed by atoms with E-state index in [1.54, 1.807) is 22.9 Å². The molecule has 1 saturated heterocycles. The lowest BCUT2D eigenvalue weighted by Crippen LogP contribution is -2.54. The van der Waals surface area contributed by atoms with E-state index in [1.807, 2.05) is 0 Å². The molecule has 0 radical (unpaired) electrons. The summed E-state index contributed by atoms with van der Waals surface area (Å²) in [5.41, 5.74) is -0.938.